The van der Waals surface area contributed by atoms with Gasteiger partial charge in [-0.05, 0) is 26.7 Å². The molecule has 0 aromatic carbocycles. The maximum Gasteiger partial charge on any atom is 0.225 e. The van der Waals surface area contributed by atoms with Gasteiger partial charge in [-0.25, -0.2) is 0 Å². The van der Waals surface area contributed by atoms with Gasteiger partial charge in [-0.15, -0.1) is 0 Å². The normalized spacial score (nSPS) is 18.3. The lowest BCUT2D eigenvalue weighted by molar-refractivity contribution is -0.136. The van der Waals surface area contributed by atoms with Gasteiger partial charge < -0.3 is 14.7 Å². The Kier molecular flexibility index (Phi) is 5.92. The first kappa shape index (κ1) is 14.5. The minimum Gasteiger partial charge on any atom is -0.389 e. The Morgan fingerprint density at radius 1 is 1.35 bits per heavy atom. The second-order valence-electron chi connectivity index (χ2n) is 4.78. The van der Waals surface area contributed by atoms with Crippen LogP contribution in [0.1, 0.15) is 46.0 Å². The topological polar surface area (TPSA) is 49.8 Å². The Morgan fingerprint density at radius 2 is 2.00 bits per heavy atom. The molecule has 1 amide bonds. The van der Waals surface area contributed by atoms with Crippen LogP contribution in [0.4, 0.5) is 0 Å². The summed E-state index contributed by atoms with van der Waals surface area (Å²) < 4.78 is 5.25. The number of aliphatic hydroxyl groups is 1. The average molecular weight is 243 g/mol. The van der Waals surface area contributed by atoms with E-state index < -0.39 is 5.60 Å². The van der Waals surface area contributed by atoms with E-state index in [1.165, 1.54) is 0 Å². The molecule has 0 aliphatic heterocycles. The molecular weight excluding hydrogens is 218 g/mol. The van der Waals surface area contributed by atoms with Crippen LogP contribution >= 0.6 is 0 Å². The van der Waals surface area contributed by atoms with Crippen LogP contribution in [0.5, 0.6) is 0 Å². The lowest BCUT2D eigenvalue weighted by Gasteiger charge is -2.27. The van der Waals surface area contributed by atoms with E-state index in [-0.39, 0.29) is 12.3 Å². The molecule has 1 aliphatic carbocycles. The van der Waals surface area contributed by atoms with Gasteiger partial charge in [-0.1, -0.05) is 12.8 Å². The smallest absolute Gasteiger partial charge is 0.225 e. The van der Waals surface area contributed by atoms with Crippen LogP contribution in [-0.4, -0.2) is 47.8 Å². The van der Waals surface area contributed by atoms with E-state index in [1.807, 2.05) is 13.8 Å². The molecule has 1 N–H and O–H groups in total. The fourth-order valence-electron chi connectivity index (χ4n) is 2.38. The van der Waals surface area contributed by atoms with Gasteiger partial charge in [-0.2, -0.15) is 0 Å². The van der Waals surface area contributed by atoms with Gasteiger partial charge in [0.25, 0.3) is 0 Å². The van der Waals surface area contributed by atoms with Crippen molar-refractivity contribution in [3.63, 3.8) is 0 Å². The van der Waals surface area contributed by atoms with E-state index >= 15 is 0 Å². The van der Waals surface area contributed by atoms with Gasteiger partial charge in [0, 0.05) is 19.7 Å². The van der Waals surface area contributed by atoms with E-state index in [4.69, 9.17) is 4.74 Å². The first-order chi connectivity index (χ1) is 8.11. The molecule has 0 bridgehead atoms. The maximum absolute atomic E-state index is 12.0. The van der Waals surface area contributed by atoms with Gasteiger partial charge in [0.15, 0.2) is 0 Å². The number of nitrogens with zero attached hydrogens (tertiary/aromatic N) is 1. The summed E-state index contributed by atoms with van der Waals surface area (Å²) in [6, 6.07) is 0. The monoisotopic (exact) mass is 243 g/mol. The zero-order valence-electron chi connectivity index (χ0n) is 11.1. The first-order valence-electron chi connectivity index (χ1n) is 6.69. The predicted molar refractivity (Wildman–Crippen MR) is 66.8 cm³/mol. The molecule has 1 saturated carbocycles. The van der Waals surface area contributed by atoms with E-state index in [0.717, 1.165) is 25.7 Å². The fraction of sp³-hybridized carbons (Fsp3) is 0.923. The van der Waals surface area contributed by atoms with Gasteiger partial charge in [0.05, 0.1) is 18.6 Å². The number of likely N-dealkylation sites (N-methyl/N-ethyl adjacent to an activating group) is 1. The highest BCUT2D eigenvalue weighted by atomic mass is 16.5. The molecule has 0 heterocycles. The van der Waals surface area contributed by atoms with Crippen LogP contribution in [0.3, 0.4) is 0 Å². The third-order valence-electron chi connectivity index (χ3n) is 3.46. The van der Waals surface area contributed by atoms with Gasteiger partial charge in [-0.3, -0.25) is 4.79 Å². The lowest BCUT2D eigenvalue weighted by atomic mass is 9.97. The van der Waals surface area contributed by atoms with Crippen molar-refractivity contribution in [2.45, 2.75) is 51.6 Å². The molecule has 1 rings (SSSR count). The van der Waals surface area contributed by atoms with Crippen LogP contribution in [0.2, 0.25) is 0 Å². The summed E-state index contributed by atoms with van der Waals surface area (Å²) in [5.74, 6) is 0.0524. The number of carbonyl (C=O) groups excluding carboxylic acids is 1. The Bertz CT molecular complexity index is 237. The van der Waals surface area contributed by atoms with E-state index in [0.29, 0.717) is 26.3 Å². The van der Waals surface area contributed by atoms with Crippen LogP contribution in [-0.2, 0) is 9.53 Å². The molecule has 1 aliphatic rings. The second kappa shape index (κ2) is 6.97. The molecule has 0 aromatic heterocycles. The highest BCUT2D eigenvalue weighted by Crippen LogP contribution is 2.32. The molecule has 0 atom stereocenters. The van der Waals surface area contributed by atoms with Gasteiger partial charge in [0.1, 0.15) is 0 Å². The van der Waals surface area contributed by atoms with Crippen molar-refractivity contribution in [2.75, 3.05) is 26.3 Å². The van der Waals surface area contributed by atoms with Crippen molar-refractivity contribution < 1.29 is 14.6 Å². The molecule has 1 fully saturated rings. The molecular formula is C13H25NO3. The molecule has 0 saturated heterocycles. The highest BCUT2D eigenvalue weighted by molar-refractivity contribution is 5.77. The van der Waals surface area contributed by atoms with Gasteiger partial charge >= 0.3 is 0 Å². The first-order valence-corrected chi connectivity index (χ1v) is 6.69. The minimum absolute atomic E-state index is 0.0524. The number of hydrogen-bond donors (Lipinski definition) is 1. The Hall–Kier alpha value is -0.610. The SMILES string of the molecule is CCOCCN(CC)C(=O)CC1(O)CCCC1. The summed E-state index contributed by atoms with van der Waals surface area (Å²) in [5, 5.41) is 10.2. The van der Waals surface area contributed by atoms with Crippen LogP contribution in [0.15, 0.2) is 0 Å². The zero-order valence-corrected chi connectivity index (χ0v) is 11.1. The van der Waals surface area contributed by atoms with Crippen molar-refractivity contribution >= 4 is 5.91 Å². The van der Waals surface area contributed by atoms with Gasteiger partial charge in [0.2, 0.25) is 5.91 Å². The Balaban J connectivity index is 2.37. The number of rotatable bonds is 7. The Labute approximate surface area is 104 Å². The summed E-state index contributed by atoms with van der Waals surface area (Å²) >= 11 is 0. The quantitative estimate of drug-likeness (QED) is 0.690. The largest absolute Gasteiger partial charge is 0.389 e. The van der Waals surface area contributed by atoms with Crippen molar-refractivity contribution in [3.05, 3.63) is 0 Å². The van der Waals surface area contributed by atoms with E-state index in [9.17, 15) is 9.90 Å². The molecule has 100 valence electrons. The fourth-order valence-corrected chi connectivity index (χ4v) is 2.38. The summed E-state index contributed by atoms with van der Waals surface area (Å²) in [7, 11) is 0. The summed E-state index contributed by atoms with van der Waals surface area (Å²) in [4.78, 5) is 13.8. The number of ether oxygens (including phenoxy) is 1. The molecule has 4 heteroatoms. The number of carbonyl (C=O) groups is 1. The van der Waals surface area contributed by atoms with Crippen LogP contribution in [0, 0.1) is 0 Å². The van der Waals surface area contributed by atoms with E-state index in [1.54, 1.807) is 4.90 Å². The average Bonchev–Trinajstić information content (AvgIpc) is 2.71. The van der Waals surface area contributed by atoms with Crippen LogP contribution < -0.4 is 0 Å². The molecule has 0 aromatic rings. The van der Waals surface area contributed by atoms with Crippen molar-refractivity contribution in [1.82, 2.24) is 4.90 Å². The summed E-state index contributed by atoms with van der Waals surface area (Å²) in [5.41, 5.74) is -0.740. The highest BCUT2D eigenvalue weighted by Gasteiger charge is 2.34. The molecule has 0 spiro atoms. The minimum atomic E-state index is -0.740. The second-order valence-corrected chi connectivity index (χ2v) is 4.78. The lowest BCUT2D eigenvalue weighted by Crippen LogP contribution is -2.39. The van der Waals surface area contributed by atoms with Crippen LogP contribution in [0.25, 0.3) is 0 Å². The Morgan fingerprint density at radius 3 is 2.53 bits per heavy atom. The number of hydrogen-bond acceptors (Lipinski definition) is 3. The molecule has 0 radical (unpaired) electrons. The predicted octanol–water partition coefficient (Wildman–Crippen LogP) is 1.57. The molecule has 4 nitrogen and oxygen atoms in total. The summed E-state index contributed by atoms with van der Waals surface area (Å²) in [6.45, 7) is 6.47. The van der Waals surface area contributed by atoms with E-state index in [2.05, 4.69) is 0 Å². The van der Waals surface area contributed by atoms with Crippen molar-refractivity contribution in [2.24, 2.45) is 0 Å². The number of amides is 1. The van der Waals surface area contributed by atoms with Crippen molar-refractivity contribution in [3.8, 4) is 0 Å². The third kappa shape index (κ3) is 4.64. The third-order valence-corrected chi connectivity index (χ3v) is 3.46. The zero-order chi connectivity index (χ0) is 12.7. The molecule has 0 unspecified atom stereocenters. The maximum atomic E-state index is 12.0. The summed E-state index contributed by atoms with van der Waals surface area (Å²) in [6.07, 6.45) is 3.88. The van der Waals surface area contributed by atoms with Crippen molar-refractivity contribution in [1.29, 1.82) is 0 Å². The molecule has 17 heavy (non-hydrogen) atoms. The standard InChI is InChI=1S/C13H25NO3/c1-3-14(9-10-17-4-2)12(15)11-13(16)7-5-6-8-13/h16H,3-11H2,1-2H3.